The SMILES string of the molecule is O=C(O)C(F)(F)F.Oc1ccc2[nH]ccc2c1. The van der Waals surface area contributed by atoms with Gasteiger partial charge >= 0.3 is 12.1 Å². The van der Waals surface area contributed by atoms with Crippen LogP contribution in [0, 0.1) is 0 Å². The highest BCUT2D eigenvalue weighted by molar-refractivity contribution is 5.80. The fourth-order valence-corrected chi connectivity index (χ4v) is 1.04. The van der Waals surface area contributed by atoms with Crippen molar-refractivity contribution < 1.29 is 28.2 Å². The number of carboxylic acid groups (broad SMARTS) is 1. The van der Waals surface area contributed by atoms with Gasteiger partial charge in [0.25, 0.3) is 0 Å². The average Bonchev–Trinajstić information content (AvgIpc) is 2.63. The van der Waals surface area contributed by atoms with Crippen LogP contribution in [0.4, 0.5) is 13.2 Å². The number of carboxylic acids is 1. The monoisotopic (exact) mass is 247 g/mol. The van der Waals surface area contributed by atoms with E-state index in [0.29, 0.717) is 5.75 Å². The zero-order valence-corrected chi connectivity index (χ0v) is 8.32. The number of phenols is 1. The lowest BCUT2D eigenvalue weighted by atomic mass is 10.2. The summed E-state index contributed by atoms with van der Waals surface area (Å²) in [5.74, 6) is -2.44. The molecule has 0 saturated carbocycles. The number of H-pyrrole nitrogens is 1. The van der Waals surface area contributed by atoms with Crippen molar-refractivity contribution in [2.45, 2.75) is 6.18 Å². The van der Waals surface area contributed by atoms with Crippen molar-refractivity contribution >= 4 is 16.9 Å². The summed E-state index contributed by atoms with van der Waals surface area (Å²) in [6.45, 7) is 0. The summed E-state index contributed by atoms with van der Waals surface area (Å²) in [6, 6.07) is 7.17. The predicted molar refractivity (Wildman–Crippen MR) is 53.7 cm³/mol. The Morgan fingerprint density at radius 3 is 2.35 bits per heavy atom. The molecule has 0 saturated heterocycles. The van der Waals surface area contributed by atoms with Gasteiger partial charge in [-0.25, -0.2) is 4.79 Å². The molecule has 0 amide bonds. The number of halogens is 3. The Labute approximate surface area is 93.3 Å². The van der Waals surface area contributed by atoms with E-state index in [1.165, 1.54) is 0 Å². The molecule has 0 unspecified atom stereocenters. The van der Waals surface area contributed by atoms with Crippen molar-refractivity contribution in [3.05, 3.63) is 30.5 Å². The predicted octanol–water partition coefficient (Wildman–Crippen LogP) is 2.51. The number of fused-ring (bicyclic) bond motifs is 1. The van der Waals surface area contributed by atoms with Crippen molar-refractivity contribution in [3.63, 3.8) is 0 Å². The standard InChI is InChI=1S/C8H7NO.C2HF3O2/c10-7-1-2-8-6(5-7)3-4-9-8;3-2(4,5)1(6)7/h1-5,9-10H;(H,6,7). The molecule has 0 fully saturated rings. The van der Waals surface area contributed by atoms with E-state index < -0.39 is 12.1 Å². The van der Waals surface area contributed by atoms with Gasteiger partial charge in [0, 0.05) is 17.1 Å². The molecular weight excluding hydrogens is 239 g/mol. The molecule has 17 heavy (non-hydrogen) atoms. The number of aromatic hydroxyl groups is 1. The van der Waals surface area contributed by atoms with Crippen molar-refractivity contribution in [2.24, 2.45) is 0 Å². The number of rotatable bonds is 0. The second kappa shape index (κ2) is 4.77. The van der Waals surface area contributed by atoms with Crippen LogP contribution in [0.25, 0.3) is 10.9 Å². The molecule has 7 heteroatoms. The molecule has 2 aromatic rings. The molecule has 0 atom stereocenters. The van der Waals surface area contributed by atoms with Gasteiger partial charge in [0.2, 0.25) is 0 Å². The van der Waals surface area contributed by atoms with Gasteiger partial charge in [-0.2, -0.15) is 13.2 Å². The molecule has 0 aliphatic rings. The molecule has 1 aromatic heterocycles. The van der Waals surface area contributed by atoms with Crippen LogP contribution in [0.1, 0.15) is 0 Å². The lowest BCUT2D eigenvalue weighted by Crippen LogP contribution is -2.21. The molecule has 0 aliphatic heterocycles. The van der Waals surface area contributed by atoms with Crippen LogP contribution in [0.15, 0.2) is 30.5 Å². The first-order valence-corrected chi connectivity index (χ1v) is 4.37. The number of alkyl halides is 3. The van der Waals surface area contributed by atoms with E-state index >= 15 is 0 Å². The van der Waals surface area contributed by atoms with Gasteiger partial charge in [0.05, 0.1) is 0 Å². The van der Waals surface area contributed by atoms with Crippen LogP contribution < -0.4 is 0 Å². The highest BCUT2D eigenvalue weighted by Gasteiger charge is 2.38. The third-order valence-electron chi connectivity index (χ3n) is 1.78. The maximum absolute atomic E-state index is 10.6. The van der Waals surface area contributed by atoms with Crippen molar-refractivity contribution in [1.82, 2.24) is 4.98 Å². The summed E-state index contributed by atoms with van der Waals surface area (Å²) in [7, 11) is 0. The fourth-order valence-electron chi connectivity index (χ4n) is 1.04. The summed E-state index contributed by atoms with van der Waals surface area (Å²) in [6.07, 6.45) is -3.23. The Hall–Kier alpha value is -2.18. The van der Waals surface area contributed by atoms with Crippen molar-refractivity contribution in [2.75, 3.05) is 0 Å². The van der Waals surface area contributed by atoms with Gasteiger partial charge < -0.3 is 15.2 Å². The molecule has 0 spiro atoms. The van der Waals surface area contributed by atoms with Crippen LogP contribution in [0.3, 0.4) is 0 Å². The number of aromatic amines is 1. The number of nitrogens with one attached hydrogen (secondary N) is 1. The van der Waals surface area contributed by atoms with E-state index in [2.05, 4.69) is 4.98 Å². The highest BCUT2D eigenvalue weighted by Crippen LogP contribution is 2.17. The van der Waals surface area contributed by atoms with Gasteiger partial charge in [-0.15, -0.1) is 0 Å². The summed E-state index contributed by atoms with van der Waals surface area (Å²) >= 11 is 0. The summed E-state index contributed by atoms with van der Waals surface area (Å²) in [5.41, 5.74) is 1.05. The zero-order chi connectivity index (χ0) is 13.1. The number of phenolic OH excluding ortho intramolecular Hbond substituents is 1. The van der Waals surface area contributed by atoms with Crippen LogP contribution >= 0.6 is 0 Å². The number of hydrogen-bond acceptors (Lipinski definition) is 2. The maximum Gasteiger partial charge on any atom is 0.490 e. The van der Waals surface area contributed by atoms with Gasteiger partial charge in [-0.05, 0) is 24.3 Å². The Morgan fingerprint density at radius 2 is 1.82 bits per heavy atom. The molecule has 2 rings (SSSR count). The topological polar surface area (TPSA) is 73.3 Å². The van der Waals surface area contributed by atoms with Gasteiger partial charge in [0.1, 0.15) is 5.75 Å². The zero-order valence-electron chi connectivity index (χ0n) is 8.32. The number of aromatic nitrogens is 1. The molecule has 3 N–H and O–H groups in total. The van der Waals surface area contributed by atoms with Gasteiger partial charge in [0.15, 0.2) is 0 Å². The van der Waals surface area contributed by atoms with E-state index in [9.17, 15) is 13.2 Å². The van der Waals surface area contributed by atoms with Crippen LogP contribution in [-0.2, 0) is 4.79 Å². The van der Waals surface area contributed by atoms with E-state index in [4.69, 9.17) is 15.0 Å². The summed E-state index contributed by atoms with van der Waals surface area (Å²) < 4.78 is 31.7. The Balaban J connectivity index is 0.000000185. The fraction of sp³-hybridized carbons (Fsp3) is 0.100. The van der Waals surface area contributed by atoms with Crippen molar-refractivity contribution in [3.8, 4) is 5.75 Å². The molecule has 0 radical (unpaired) electrons. The molecule has 4 nitrogen and oxygen atoms in total. The van der Waals surface area contributed by atoms with Crippen LogP contribution in [0.2, 0.25) is 0 Å². The van der Waals surface area contributed by atoms with E-state index in [-0.39, 0.29) is 0 Å². The summed E-state index contributed by atoms with van der Waals surface area (Å²) in [5, 5.41) is 17.2. The molecule has 0 bridgehead atoms. The lowest BCUT2D eigenvalue weighted by Gasteiger charge is -1.93. The lowest BCUT2D eigenvalue weighted by molar-refractivity contribution is -0.192. The molecule has 0 aliphatic carbocycles. The minimum atomic E-state index is -5.08. The molecule has 1 aromatic carbocycles. The van der Waals surface area contributed by atoms with Crippen molar-refractivity contribution in [1.29, 1.82) is 0 Å². The van der Waals surface area contributed by atoms with Gasteiger partial charge in [-0.1, -0.05) is 0 Å². The van der Waals surface area contributed by atoms with Crippen LogP contribution in [0.5, 0.6) is 5.75 Å². The number of hydrogen-bond donors (Lipinski definition) is 3. The first-order chi connectivity index (χ1) is 7.80. The number of aliphatic carboxylic acids is 1. The summed E-state index contributed by atoms with van der Waals surface area (Å²) in [4.78, 5) is 11.9. The Kier molecular flexibility index (Phi) is 3.62. The molecule has 1 heterocycles. The molecular formula is C10H8F3NO3. The highest BCUT2D eigenvalue weighted by atomic mass is 19.4. The third kappa shape index (κ3) is 3.71. The number of carbonyl (C=O) groups is 1. The average molecular weight is 247 g/mol. The quantitative estimate of drug-likeness (QED) is 0.669. The number of benzene rings is 1. The molecule has 92 valence electrons. The Morgan fingerprint density at radius 1 is 1.24 bits per heavy atom. The second-order valence-electron chi connectivity index (χ2n) is 3.05. The van der Waals surface area contributed by atoms with E-state index in [1.54, 1.807) is 12.1 Å². The largest absolute Gasteiger partial charge is 0.508 e. The maximum atomic E-state index is 10.6. The third-order valence-corrected chi connectivity index (χ3v) is 1.78. The first-order valence-electron chi connectivity index (χ1n) is 4.37. The normalized spacial score (nSPS) is 10.8. The minimum Gasteiger partial charge on any atom is -0.508 e. The Bertz CT molecular complexity index is 519. The second-order valence-corrected chi connectivity index (χ2v) is 3.05. The first kappa shape index (κ1) is 12.9. The van der Waals surface area contributed by atoms with E-state index in [1.807, 2.05) is 18.3 Å². The van der Waals surface area contributed by atoms with Crippen LogP contribution in [-0.4, -0.2) is 27.3 Å². The van der Waals surface area contributed by atoms with E-state index in [0.717, 1.165) is 10.9 Å². The smallest absolute Gasteiger partial charge is 0.490 e. The van der Waals surface area contributed by atoms with Gasteiger partial charge in [-0.3, -0.25) is 0 Å². The minimum absolute atomic E-state index is 0.312.